The average Bonchev–Trinajstić information content (AvgIpc) is 2.74. The smallest absolute Gasteiger partial charge is 0.309 e. The summed E-state index contributed by atoms with van der Waals surface area (Å²) in [6, 6.07) is 2.42. The summed E-state index contributed by atoms with van der Waals surface area (Å²) < 4.78 is 39.4. The van der Waals surface area contributed by atoms with E-state index in [1.165, 1.54) is 20.0 Å². The summed E-state index contributed by atoms with van der Waals surface area (Å²) in [5.41, 5.74) is -0.246. The van der Waals surface area contributed by atoms with E-state index in [0.717, 1.165) is 10.2 Å². The van der Waals surface area contributed by atoms with Crippen LogP contribution in [-0.4, -0.2) is 20.7 Å². The Bertz CT molecular complexity index is 742. The normalized spacial score (nSPS) is 13.0. The van der Waals surface area contributed by atoms with E-state index in [1.807, 2.05) is 6.92 Å². The summed E-state index contributed by atoms with van der Waals surface area (Å²) in [6.07, 6.45) is -3.16. The number of aromatic nitrogens is 3. The number of rotatable bonds is 3. The minimum atomic E-state index is -4.68. The van der Waals surface area contributed by atoms with Crippen LogP contribution in [0.25, 0.3) is 0 Å². The Morgan fingerprint density at radius 3 is 2.57 bits per heavy atom. The number of alkyl halides is 3. The van der Waals surface area contributed by atoms with Crippen molar-refractivity contribution in [2.75, 3.05) is 5.32 Å². The van der Waals surface area contributed by atoms with E-state index in [4.69, 9.17) is 11.6 Å². The molecule has 9 heteroatoms. The summed E-state index contributed by atoms with van der Waals surface area (Å²) in [4.78, 5) is 16.2. The molecule has 0 aliphatic carbocycles. The van der Waals surface area contributed by atoms with E-state index in [1.54, 1.807) is 12.1 Å². The number of halogens is 4. The van der Waals surface area contributed by atoms with E-state index in [0.29, 0.717) is 5.82 Å². The number of hydrogen-bond donors (Lipinski definition) is 1. The first-order valence-corrected chi connectivity index (χ1v) is 7.04. The van der Waals surface area contributed by atoms with Gasteiger partial charge in [-0.15, -0.1) is 0 Å². The van der Waals surface area contributed by atoms with Gasteiger partial charge in [-0.1, -0.05) is 11.6 Å². The minimum Gasteiger partial charge on any atom is -0.309 e. The Labute approximate surface area is 135 Å². The highest BCUT2D eigenvalue weighted by molar-refractivity contribution is 6.32. The molecule has 0 unspecified atom stereocenters. The van der Waals surface area contributed by atoms with Crippen LogP contribution in [0.2, 0.25) is 5.02 Å². The third-order valence-electron chi connectivity index (χ3n) is 3.26. The zero-order chi connectivity index (χ0) is 17.4. The molecule has 0 fully saturated rings. The van der Waals surface area contributed by atoms with E-state index in [9.17, 15) is 18.0 Å². The van der Waals surface area contributed by atoms with Crippen LogP contribution < -0.4 is 5.32 Å². The standard InChI is InChI=1S/C14H14ClF3N4O/c1-7-4-5-19-10(6-7)20-13(23)9(3)22-8(2)11(15)12(21-22)14(16,17)18/h4-6,9H,1-3H3,(H,19,20,23)/t9-/m1/s1. The summed E-state index contributed by atoms with van der Waals surface area (Å²) in [6.45, 7) is 4.63. The lowest BCUT2D eigenvalue weighted by Gasteiger charge is -2.14. The molecule has 0 spiro atoms. The van der Waals surface area contributed by atoms with Gasteiger partial charge in [0.2, 0.25) is 5.91 Å². The van der Waals surface area contributed by atoms with Crippen molar-refractivity contribution < 1.29 is 18.0 Å². The quantitative estimate of drug-likeness (QED) is 0.920. The maximum Gasteiger partial charge on any atom is 0.436 e. The lowest BCUT2D eigenvalue weighted by molar-refractivity contribution is -0.141. The highest BCUT2D eigenvalue weighted by atomic mass is 35.5. The molecule has 2 heterocycles. The van der Waals surface area contributed by atoms with Crippen molar-refractivity contribution in [2.45, 2.75) is 33.0 Å². The van der Waals surface area contributed by atoms with Crippen LogP contribution in [0, 0.1) is 13.8 Å². The number of nitrogens with one attached hydrogen (secondary N) is 1. The lowest BCUT2D eigenvalue weighted by Crippen LogP contribution is -2.26. The topological polar surface area (TPSA) is 59.8 Å². The molecule has 2 aromatic heterocycles. The lowest BCUT2D eigenvalue weighted by atomic mass is 10.2. The maximum atomic E-state index is 12.8. The van der Waals surface area contributed by atoms with E-state index < -0.39 is 28.8 Å². The van der Waals surface area contributed by atoms with Crippen LogP contribution in [0.3, 0.4) is 0 Å². The second kappa shape index (κ2) is 6.19. The molecule has 0 aromatic carbocycles. The number of carbonyl (C=O) groups is 1. The maximum absolute atomic E-state index is 12.8. The molecule has 0 saturated carbocycles. The first-order valence-electron chi connectivity index (χ1n) is 6.66. The largest absolute Gasteiger partial charge is 0.436 e. The van der Waals surface area contributed by atoms with Crippen LogP contribution in [0.5, 0.6) is 0 Å². The van der Waals surface area contributed by atoms with E-state index in [2.05, 4.69) is 15.4 Å². The zero-order valence-electron chi connectivity index (χ0n) is 12.6. The van der Waals surface area contributed by atoms with Crippen molar-refractivity contribution in [2.24, 2.45) is 0 Å². The van der Waals surface area contributed by atoms with Gasteiger partial charge in [-0.3, -0.25) is 9.48 Å². The molecular weight excluding hydrogens is 333 g/mol. The first-order chi connectivity index (χ1) is 10.6. The summed E-state index contributed by atoms with van der Waals surface area (Å²) >= 11 is 5.68. The molecule has 2 aromatic rings. The van der Waals surface area contributed by atoms with Crippen LogP contribution in [-0.2, 0) is 11.0 Å². The predicted molar refractivity (Wildman–Crippen MR) is 79.3 cm³/mol. The third kappa shape index (κ3) is 3.64. The van der Waals surface area contributed by atoms with Gasteiger partial charge in [0, 0.05) is 6.20 Å². The second-order valence-electron chi connectivity index (χ2n) is 5.07. The number of carbonyl (C=O) groups excluding carboxylic acids is 1. The molecule has 0 aliphatic heterocycles. The Hall–Kier alpha value is -2.09. The van der Waals surface area contributed by atoms with Crippen molar-refractivity contribution in [3.8, 4) is 0 Å². The van der Waals surface area contributed by atoms with E-state index >= 15 is 0 Å². The Morgan fingerprint density at radius 2 is 2.04 bits per heavy atom. The fourth-order valence-corrected chi connectivity index (χ4v) is 2.23. The van der Waals surface area contributed by atoms with Gasteiger partial charge in [-0.05, 0) is 38.5 Å². The molecular formula is C14H14ClF3N4O. The molecule has 2 rings (SSSR count). The van der Waals surface area contributed by atoms with Gasteiger partial charge in [-0.25, -0.2) is 4.98 Å². The number of amides is 1. The number of nitrogens with zero attached hydrogens (tertiary/aromatic N) is 3. The molecule has 1 atom stereocenters. The van der Waals surface area contributed by atoms with Crippen molar-refractivity contribution in [1.29, 1.82) is 0 Å². The molecule has 0 aliphatic rings. The molecule has 5 nitrogen and oxygen atoms in total. The Kier molecular flexibility index (Phi) is 4.65. The average molecular weight is 347 g/mol. The van der Waals surface area contributed by atoms with Gasteiger partial charge in [-0.2, -0.15) is 18.3 Å². The zero-order valence-corrected chi connectivity index (χ0v) is 13.3. The van der Waals surface area contributed by atoms with E-state index in [-0.39, 0.29) is 5.69 Å². The monoisotopic (exact) mass is 346 g/mol. The minimum absolute atomic E-state index is 0.0684. The molecule has 1 amide bonds. The predicted octanol–water partition coefficient (Wildman–Crippen LogP) is 3.77. The van der Waals surface area contributed by atoms with Crippen molar-refractivity contribution in [1.82, 2.24) is 14.8 Å². The number of anilines is 1. The van der Waals surface area contributed by atoms with Gasteiger partial charge < -0.3 is 5.32 Å². The SMILES string of the molecule is Cc1ccnc(NC(=O)[C@@H](C)n2nc(C(F)(F)F)c(Cl)c2C)c1. The van der Waals surface area contributed by atoms with Gasteiger partial charge in [0.25, 0.3) is 0 Å². The fourth-order valence-electron chi connectivity index (χ4n) is 2.00. The highest BCUT2D eigenvalue weighted by Gasteiger charge is 2.39. The number of aryl methyl sites for hydroxylation is 1. The number of pyridine rings is 1. The second-order valence-corrected chi connectivity index (χ2v) is 5.45. The van der Waals surface area contributed by atoms with Crippen molar-refractivity contribution in [3.63, 3.8) is 0 Å². The van der Waals surface area contributed by atoms with Crippen LogP contribution in [0.4, 0.5) is 19.0 Å². The molecule has 124 valence electrons. The van der Waals surface area contributed by atoms with Gasteiger partial charge in [0.05, 0.1) is 10.7 Å². The Morgan fingerprint density at radius 1 is 1.39 bits per heavy atom. The Balaban J connectivity index is 2.26. The summed E-state index contributed by atoms with van der Waals surface area (Å²) in [5.74, 6) is -0.229. The van der Waals surface area contributed by atoms with Gasteiger partial charge in [0.1, 0.15) is 11.9 Å². The fraction of sp³-hybridized carbons (Fsp3) is 0.357. The molecule has 1 N–H and O–H groups in total. The molecule has 0 radical (unpaired) electrons. The van der Waals surface area contributed by atoms with Crippen LogP contribution in [0.15, 0.2) is 18.3 Å². The van der Waals surface area contributed by atoms with Crippen LogP contribution in [0.1, 0.15) is 29.9 Å². The van der Waals surface area contributed by atoms with Gasteiger partial charge in [0.15, 0.2) is 5.69 Å². The highest BCUT2D eigenvalue weighted by Crippen LogP contribution is 2.36. The van der Waals surface area contributed by atoms with Crippen molar-refractivity contribution in [3.05, 3.63) is 40.3 Å². The summed E-state index contributed by atoms with van der Waals surface area (Å²) in [7, 11) is 0. The first kappa shape index (κ1) is 17.3. The van der Waals surface area contributed by atoms with Crippen molar-refractivity contribution >= 4 is 23.3 Å². The molecule has 0 saturated heterocycles. The molecule has 0 bridgehead atoms. The van der Waals surface area contributed by atoms with Gasteiger partial charge >= 0.3 is 6.18 Å². The summed E-state index contributed by atoms with van der Waals surface area (Å²) in [5, 5.41) is 5.47. The van der Waals surface area contributed by atoms with Crippen LogP contribution >= 0.6 is 11.6 Å². The number of hydrogen-bond acceptors (Lipinski definition) is 3. The third-order valence-corrected chi connectivity index (χ3v) is 3.71. The molecule has 23 heavy (non-hydrogen) atoms.